The summed E-state index contributed by atoms with van der Waals surface area (Å²) in [5, 5.41) is 0. The summed E-state index contributed by atoms with van der Waals surface area (Å²) < 4.78 is 17.4. The quantitative estimate of drug-likeness (QED) is 0.811. The van der Waals surface area contributed by atoms with E-state index in [1.165, 1.54) is 0 Å². The molecule has 1 spiro atoms. The maximum Gasteiger partial charge on any atom is 0.0850 e. The second-order valence-electron chi connectivity index (χ2n) is 6.55. The Morgan fingerprint density at radius 3 is 2.75 bits per heavy atom. The van der Waals surface area contributed by atoms with Crippen LogP contribution < -0.4 is 5.73 Å². The summed E-state index contributed by atoms with van der Waals surface area (Å²) >= 11 is 0. The first-order valence-electron chi connectivity index (χ1n) is 8.01. The molecule has 5 heteroatoms. The van der Waals surface area contributed by atoms with Crippen LogP contribution in [0.5, 0.6) is 0 Å². The minimum atomic E-state index is 0.0727. The molecule has 5 nitrogen and oxygen atoms in total. The lowest BCUT2D eigenvalue weighted by atomic mass is 9.83. The normalized spacial score (nSPS) is 36.9. The highest BCUT2D eigenvalue weighted by atomic mass is 16.5. The zero-order valence-corrected chi connectivity index (χ0v) is 12.6. The van der Waals surface area contributed by atoms with Crippen LogP contribution in [0.1, 0.15) is 32.6 Å². The number of morpholine rings is 1. The molecule has 0 saturated carbocycles. The molecule has 3 heterocycles. The SMILES string of the molecule is CC(N)C1CN(C2CCOC3(CCOCC3)C2)CCO1. The van der Waals surface area contributed by atoms with Crippen molar-refractivity contribution < 1.29 is 14.2 Å². The molecular formula is C15H28N2O3. The van der Waals surface area contributed by atoms with E-state index in [1.54, 1.807) is 0 Å². The van der Waals surface area contributed by atoms with Crippen molar-refractivity contribution in [3.63, 3.8) is 0 Å². The van der Waals surface area contributed by atoms with Gasteiger partial charge >= 0.3 is 0 Å². The lowest BCUT2D eigenvalue weighted by molar-refractivity contribution is -0.160. The Morgan fingerprint density at radius 2 is 2.00 bits per heavy atom. The van der Waals surface area contributed by atoms with Crippen LogP contribution >= 0.6 is 0 Å². The molecule has 20 heavy (non-hydrogen) atoms. The summed E-state index contributed by atoms with van der Waals surface area (Å²) in [4.78, 5) is 2.58. The van der Waals surface area contributed by atoms with Gasteiger partial charge in [0.1, 0.15) is 0 Å². The third-order valence-corrected chi connectivity index (χ3v) is 5.10. The molecule has 116 valence electrons. The van der Waals surface area contributed by atoms with Crippen molar-refractivity contribution in [2.75, 3.05) is 39.5 Å². The maximum absolute atomic E-state index is 6.14. The minimum absolute atomic E-state index is 0.0727. The number of hydrogen-bond acceptors (Lipinski definition) is 5. The highest BCUT2D eigenvalue weighted by Crippen LogP contribution is 2.36. The van der Waals surface area contributed by atoms with E-state index in [1.807, 2.05) is 6.92 Å². The van der Waals surface area contributed by atoms with E-state index in [4.69, 9.17) is 19.9 Å². The molecule has 0 radical (unpaired) electrons. The van der Waals surface area contributed by atoms with Gasteiger partial charge in [-0.15, -0.1) is 0 Å². The van der Waals surface area contributed by atoms with Crippen molar-refractivity contribution in [3.8, 4) is 0 Å². The number of ether oxygens (including phenoxy) is 3. The predicted octanol–water partition coefficient (Wildman–Crippen LogP) is 0.763. The van der Waals surface area contributed by atoms with Crippen LogP contribution in [0.15, 0.2) is 0 Å². The molecular weight excluding hydrogens is 256 g/mol. The summed E-state index contributed by atoms with van der Waals surface area (Å²) in [5.74, 6) is 0. The number of rotatable bonds is 2. The predicted molar refractivity (Wildman–Crippen MR) is 76.7 cm³/mol. The number of nitrogens with zero attached hydrogens (tertiary/aromatic N) is 1. The van der Waals surface area contributed by atoms with Crippen molar-refractivity contribution in [1.82, 2.24) is 4.90 Å². The van der Waals surface area contributed by atoms with Crippen LogP contribution in [0, 0.1) is 0 Å². The molecule has 3 aliphatic rings. The monoisotopic (exact) mass is 284 g/mol. The van der Waals surface area contributed by atoms with Crippen LogP contribution in [0.4, 0.5) is 0 Å². The molecule has 3 atom stereocenters. The molecule has 3 saturated heterocycles. The highest BCUT2D eigenvalue weighted by molar-refractivity contribution is 4.94. The molecule has 0 aromatic carbocycles. The van der Waals surface area contributed by atoms with Crippen LogP contribution in [0.3, 0.4) is 0 Å². The molecule has 3 unspecified atom stereocenters. The van der Waals surface area contributed by atoms with Crippen LogP contribution in [-0.4, -0.2) is 68.2 Å². The minimum Gasteiger partial charge on any atom is -0.381 e. The average Bonchev–Trinajstić information content (AvgIpc) is 2.48. The largest absolute Gasteiger partial charge is 0.381 e. The standard InChI is InChI=1S/C15H28N2O3/c1-12(16)14-11-17(5-9-19-14)13-2-6-20-15(10-13)3-7-18-8-4-15/h12-14H,2-11,16H2,1H3. The lowest BCUT2D eigenvalue weighted by Gasteiger charge is -2.48. The molecule has 3 fully saturated rings. The Labute approximate surface area is 121 Å². The van der Waals surface area contributed by atoms with E-state index in [-0.39, 0.29) is 17.7 Å². The molecule has 2 N–H and O–H groups in total. The van der Waals surface area contributed by atoms with Gasteiger partial charge in [-0.05, 0) is 32.6 Å². The van der Waals surface area contributed by atoms with Crippen molar-refractivity contribution in [3.05, 3.63) is 0 Å². The topological polar surface area (TPSA) is 57.0 Å². The van der Waals surface area contributed by atoms with Gasteiger partial charge in [0.25, 0.3) is 0 Å². The molecule has 0 aliphatic carbocycles. The molecule has 0 amide bonds. The van der Waals surface area contributed by atoms with E-state index >= 15 is 0 Å². The van der Waals surface area contributed by atoms with Crippen molar-refractivity contribution >= 4 is 0 Å². The van der Waals surface area contributed by atoms with Crippen molar-refractivity contribution in [2.24, 2.45) is 5.73 Å². The Bertz CT molecular complexity index is 313. The first kappa shape index (κ1) is 14.7. The molecule has 0 aromatic rings. The Hall–Kier alpha value is -0.200. The van der Waals surface area contributed by atoms with Gasteiger partial charge in [0.2, 0.25) is 0 Å². The molecule has 0 aromatic heterocycles. The average molecular weight is 284 g/mol. The van der Waals surface area contributed by atoms with E-state index in [2.05, 4.69) is 4.90 Å². The summed E-state index contributed by atoms with van der Waals surface area (Å²) in [7, 11) is 0. The fraction of sp³-hybridized carbons (Fsp3) is 1.00. The number of nitrogens with two attached hydrogens (primary N) is 1. The van der Waals surface area contributed by atoms with Gasteiger partial charge < -0.3 is 19.9 Å². The first-order valence-corrected chi connectivity index (χ1v) is 8.01. The van der Waals surface area contributed by atoms with Gasteiger partial charge in [-0.2, -0.15) is 0 Å². The van der Waals surface area contributed by atoms with Crippen LogP contribution in [-0.2, 0) is 14.2 Å². The second-order valence-corrected chi connectivity index (χ2v) is 6.55. The van der Waals surface area contributed by atoms with E-state index < -0.39 is 0 Å². The maximum atomic E-state index is 6.14. The Kier molecular flexibility index (Phi) is 4.62. The van der Waals surface area contributed by atoms with Gasteiger partial charge in [0.15, 0.2) is 0 Å². The molecule has 3 rings (SSSR count). The van der Waals surface area contributed by atoms with Gasteiger partial charge in [-0.25, -0.2) is 0 Å². The third kappa shape index (κ3) is 3.17. The van der Waals surface area contributed by atoms with Gasteiger partial charge in [0, 0.05) is 45.0 Å². The fourth-order valence-corrected chi connectivity index (χ4v) is 3.75. The third-order valence-electron chi connectivity index (χ3n) is 5.10. The van der Waals surface area contributed by atoms with E-state index in [0.717, 1.165) is 65.2 Å². The summed E-state index contributed by atoms with van der Waals surface area (Å²) in [6.07, 6.45) is 4.54. The van der Waals surface area contributed by atoms with E-state index in [9.17, 15) is 0 Å². The van der Waals surface area contributed by atoms with Crippen molar-refractivity contribution in [1.29, 1.82) is 0 Å². The van der Waals surface area contributed by atoms with Gasteiger partial charge in [-0.3, -0.25) is 4.90 Å². The van der Waals surface area contributed by atoms with E-state index in [0.29, 0.717) is 6.04 Å². The summed E-state index contributed by atoms with van der Waals surface area (Å²) in [6.45, 7) is 7.41. The highest BCUT2D eigenvalue weighted by Gasteiger charge is 2.41. The Balaban J connectivity index is 1.61. The summed E-state index contributed by atoms with van der Waals surface area (Å²) in [5.41, 5.74) is 6.08. The van der Waals surface area contributed by atoms with Gasteiger partial charge in [0.05, 0.1) is 18.3 Å². The van der Waals surface area contributed by atoms with Crippen LogP contribution in [0.2, 0.25) is 0 Å². The Morgan fingerprint density at radius 1 is 1.20 bits per heavy atom. The number of hydrogen-bond donors (Lipinski definition) is 1. The summed E-state index contributed by atoms with van der Waals surface area (Å²) in [6, 6.07) is 0.724. The first-order chi connectivity index (χ1) is 9.69. The van der Waals surface area contributed by atoms with Crippen molar-refractivity contribution in [2.45, 2.75) is 56.4 Å². The van der Waals surface area contributed by atoms with Gasteiger partial charge in [-0.1, -0.05) is 0 Å². The smallest absolute Gasteiger partial charge is 0.0850 e. The molecule has 3 aliphatic heterocycles. The zero-order chi connectivity index (χ0) is 14.0. The lowest BCUT2D eigenvalue weighted by Crippen LogP contribution is -2.57. The molecule has 0 bridgehead atoms. The second kappa shape index (κ2) is 6.28. The van der Waals surface area contributed by atoms with Crippen LogP contribution in [0.25, 0.3) is 0 Å². The fourth-order valence-electron chi connectivity index (χ4n) is 3.75. The zero-order valence-electron chi connectivity index (χ0n) is 12.6.